The van der Waals surface area contributed by atoms with Gasteiger partial charge in [0.1, 0.15) is 0 Å². The van der Waals surface area contributed by atoms with Crippen molar-refractivity contribution in [3.05, 3.63) is 77.9 Å². The number of carbonyl (C=O) groups is 1. The number of hydrogen-bond donors (Lipinski definition) is 2. The van der Waals surface area contributed by atoms with Crippen LogP contribution in [0.2, 0.25) is 0 Å². The quantitative estimate of drug-likeness (QED) is 0.541. The first kappa shape index (κ1) is 18.3. The van der Waals surface area contributed by atoms with Crippen molar-refractivity contribution in [1.82, 2.24) is 25.4 Å². The summed E-state index contributed by atoms with van der Waals surface area (Å²) in [5.74, 6) is 0.697. The Morgan fingerprint density at radius 3 is 2.66 bits per heavy atom. The Kier molecular flexibility index (Phi) is 4.98. The number of nitrogen functional groups attached to an aromatic ring is 1. The summed E-state index contributed by atoms with van der Waals surface area (Å²) in [6.07, 6.45) is 2.09. The van der Waals surface area contributed by atoms with Crippen LogP contribution >= 0.6 is 0 Å². The summed E-state index contributed by atoms with van der Waals surface area (Å²) in [5.41, 5.74) is 8.99. The van der Waals surface area contributed by atoms with E-state index in [9.17, 15) is 4.79 Å². The van der Waals surface area contributed by atoms with Crippen molar-refractivity contribution < 1.29 is 9.32 Å². The van der Waals surface area contributed by atoms with Gasteiger partial charge in [-0.25, -0.2) is 9.97 Å². The molecule has 0 unspecified atom stereocenters. The van der Waals surface area contributed by atoms with Crippen molar-refractivity contribution in [3.8, 4) is 22.6 Å². The summed E-state index contributed by atoms with van der Waals surface area (Å²) in [7, 11) is 1.51. The average Bonchev–Trinajstić information content (AvgIpc) is 3.23. The number of rotatable bonds is 5. The number of aromatic nitrogens is 4. The van der Waals surface area contributed by atoms with E-state index in [-0.39, 0.29) is 11.5 Å². The lowest BCUT2D eigenvalue weighted by Crippen LogP contribution is -2.21. The standard InChI is InChI=1S/C21H18N6O2/c1-23-21(28)18-19(22)24-12-16(25-18)14-8-5-9-15(11-14)20-26-17(29-27-20)10-13-6-3-2-4-7-13/h2-9,11-12H,10H2,1H3,(H2,22,24)(H,23,28). The molecule has 4 aromatic rings. The molecular formula is C21H18N6O2. The van der Waals surface area contributed by atoms with Crippen molar-refractivity contribution in [1.29, 1.82) is 0 Å². The van der Waals surface area contributed by atoms with Crippen LogP contribution in [0.3, 0.4) is 0 Å². The molecule has 3 N–H and O–H groups in total. The number of nitrogens with zero attached hydrogens (tertiary/aromatic N) is 4. The highest BCUT2D eigenvalue weighted by molar-refractivity contribution is 5.96. The fraction of sp³-hybridized carbons (Fsp3) is 0.0952. The first-order chi connectivity index (χ1) is 14.1. The highest BCUT2D eigenvalue weighted by atomic mass is 16.5. The minimum absolute atomic E-state index is 0.0768. The van der Waals surface area contributed by atoms with E-state index in [0.717, 1.165) is 16.7 Å². The van der Waals surface area contributed by atoms with E-state index in [1.165, 1.54) is 13.2 Å². The predicted octanol–water partition coefficient (Wildman–Crippen LogP) is 2.73. The molecule has 0 radical (unpaired) electrons. The normalized spacial score (nSPS) is 10.7. The summed E-state index contributed by atoms with van der Waals surface area (Å²) in [5, 5.41) is 6.59. The zero-order chi connectivity index (χ0) is 20.2. The van der Waals surface area contributed by atoms with Crippen molar-refractivity contribution >= 4 is 11.7 Å². The van der Waals surface area contributed by atoms with Gasteiger partial charge in [-0.15, -0.1) is 0 Å². The molecule has 0 aliphatic heterocycles. The van der Waals surface area contributed by atoms with E-state index in [1.807, 2.05) is 54.6 Å². The van der Waals surface area contributed by atoms with Crippen molar-refractivity contribution in [2.75, 3.05) is 12.8 Å². The monoisotopic (exact) mass is 386 g/mol. The van der Waals surface area contributed by atoms with Gasteiger partial charge in [0.25, 0.3) is 5.91 Å². The lowest BCUT2D eigenvalue weighted by atomic mass is 10.1. The minimum Gasteiger partial charge on any atom is -0.382 e. The first-order valence-corrected chi connectivity index (χ1v) is 8.96. The fourth-order valence-corrected chi connectivity index (χ4v) is 2.86. The van der Waals surface area contributed by atoms with E-state index in [0.29, 0.717) is 23.8 Å². The second-order valence-electron chi connectivity index (χ2n) is 6.32. The molecule has 8 nitrogen and oxygen atoms in total. The maximum absolute atomic E-state index is 11.9. The maximum Gasteiger partial charge on any atom is 0.273 e. The van der Waals surface area contributed by atoms with Crippen LogP contribution in [0.4, 0.5) is 5.82 Å². The summed E-state index contributed by atoms with van der Waals surface area (Å²) in [6, 6.07) is 17.4. The van der Waals surface area contributed by atoms with Gasteiger partial charge in [0.05, 0.1) is 18.3 Å². The predicted molar refractivity (Wildman–Crippen MR) is 108 cm³/mol. The maximum atomic E-state index is 11.9. The number of anilines is 1. The summed E-state index contributed by atoms with van der Waals surface area (Å²) in [6.45, 7) is 0. The molecule has 4 rings (SSSR count). The minimum atomic E-state index is -0.392. The van der Waals surface area contributed by atoms with Crippen LogP contribution in [0.25, 0.3) is 22.6 Å². The fourth-order valence-electron chi connectivity index (χ4n) is 2.86. The molecule has 0 spiro atoms. The van der Waals surface area contributed by atoms with Crippen molar-refractivity contribution in [3.63, 3.8) is 0 Å². The number of benzene rings is 2. The lowest BCUT2D eigenvalue weighted by Gasteiger charge is -2.06. The molecule has 0 aliphatic carbocycles. The third-order valence-corrected chi connectivity index (χ3v) is 4.33. The van der Waals surface area contributed by atoms with Crippen molar-refractivity contribution in [2.45, 2.75) is 6.42 Å². The highest BCUT2D eigenvalue weighted by Crippen LogP contribution is 2.24. The van der Waals surface area contributed by atoms with E-state index >= 15 is 0 Å². The Morgan fingerprint density at radius 2 is 1.86 bits per heavy atom. The lowest BCUT2D eigenvalue weighted by molar-refractivity contribution is 0.0959. The van der Waals surface area contributed by atoms with E-state index in [2.05, 4.69) is 25.4 Å². The Bertz CT molecular complexity index is 1160. The Hall–Kier alpha value is -4.07. The molecule has 2 heterocycles. The SMILES string of the molecule is CNC(=O)c1nc(-c2cccc(-c3noc(Cc4ccccc4)n3)c2)cnc1N. The zero-order valence-electron chi connectivity index (χ0n) is 15.7. The van der Waals surface area contributed by atoms with Crippen LogP contribution in [0, 0.1) is 0 Å². The van der Waals surface area contributed by atoms with Gasteiger partial charge in [-0.05, 0) is 11.6 Å². The molecule has 0 saturated heterocycles. The molecule has 1 amide bonds. The van der Waals surface area contributed by atoms with Gasteiger partial charge in [0.2, 0.25) is 11.7 Å². The molecule has 0 saturated carbocycles. The van der Waals surface area contributed by atoms with Crippen molar-refractivity contribution in [2.24, 2.45) is 0 Å². The van der Waals surface area contributed by atoms with E-state index in [1.54, 1.807) is 0 Å². The van der Waals surface area contributed by atoms with Gasteiger partial charge >= 0.3 is 0 Å². The topological polar surface area (TPSA) is 120 Å². The van der Waals surface area contributed by atoms with Crippen LogP contribution < -0.4 is 11.1 Å². The van der Waals surface area contributed by atoms with Crippen LogP contribution in [-0.4, -0.2) is 33.1 Å². The molecule has 29 heavy (non-hydrogen) atoms. The Labute approximate surface area is 166 Å². The average molecular weight is 386 g/mol. The smallest absolute Gasteiger partial charge is 0.273 e. The molecular weight excluding hydrogens is 368 g/mol. The highest BCUT2D eigenvalue weighted by Gasteiger charge is 2.15. The van der Waals surface area contributed by atoms with Gasteiger partial charge in [-0.3, -0.25) is 4.79 Å². The second kappa shape index (κ2) is 7.89. The largest absolute Gasteiger partial charge is 0.382 e. The third kappa shape index (κ3) is 3.96. The van der Waals surface area contributed by atoms with Gasteiger partial charge in [-0.2, -0.15) is 4.98 Å². The molecule has 144 valence electrons. The summed E-state index contributed by atoms with van der Waals surface area (Å²) in [4.78, 5) is 24.8. The van der Waals surface area contributed by atoms with Crippen LogP contribution in [0.1, 0.15) is 21.9 Å². The molecule has 0 bridgehead atoms. The van der Waals surface area contributed by atoms with Crippen LogP contribution in [0.15, 0.2) is 65.3 Å². The number of amides is 1. The molecule has 0 atom stereocenters. The molecule has 0 aliphatic rings. The van der Waals surface area contributed by atoms with Gasteiger partial charge in [-0.1, -0.05) is 53.7 Å². The van der Waals surface area contributed by atoms with E-state index < -0.39 is 5.91 Å². The van der Waals surface area contributed by atoms with Gasteiger partial charge in [0, 0.05) is 18.2 Å². The summed E-state index contributed by atoms with van der Waals surface area (Å²) >= 11 is 0. The number of nitrogens with two attached hydrogens (primary N) is 1. The molecule has 8 heteroatoms. The van der Waals surface area contributed by atoms with Gasteiger partial charge < -0.3 is 15.6 Å². The molecule has 2 aromatic carbocycles. The molecule has 2 aromatic heterocycles. The first-order valence-electron chi connectivity index (χ1n) is 8.96. The van der Waals surface area contributed by atoms with Crippen LogP contribution in [0.5, 0.6) is 0 Å². The second-order valence-corrected chi connectivity index (χ2v) is 6.32. The van der Waals surface area contributed by atoms with Gasteiger partial charge in [0.15, 0.2) is 11.5 Å². The number of carbonyl (C=O) groups excluding carboxylic acids is 1. The summed E-state index contributed by atoms with van der Waals surface area (Å²) < 4.78 is 5.39. The number of hydrogen-bond acceptors (Lipinski definition) is 7. The van der Waals surface area contributed by atoms with Crippen LogP contribution in [-0.2, 0) is 6.42 Å². The molecule has 0 fully saturated rings. The zero-order valence-corrected chi connectivity index (χ0v) is 15.7. The Balaban J connectivity index is 1.62. The number of nitrogens with one attached hydrogen (secondary N) is 1. The van der Waals surface area contributed by atoms with E-state index in [4.69, 9.17) is 10.3 Å². The third-order valence-electron chi connectivity index (χ3n) is 4.33. The Morgan fingerprint density at radius 1 is 1.07 bits per heavy atom.